The van der Waals surface area contributed by atoms with Crippen molar-refractivity contribution in [1.29, 1.82) is 0 Å². The van der Waals surface area contributed by atoms with Gasteiger partial charge in [0.05, 0.1) is 0 Å². The molecule has 1 aromatic rings. The number of hydrogen-bond donors (Lipinski definition) is 1. The SMILES string of the molecule is O=CNC(=O)c1cccc(F)c1. The van der Waals surface area contributed by atoms with Crippen LogP contribution in [0.2, 0.25) is 0 Å². The molecule has 0 aliphatic carbocycles. The molecule has 0 aromatic heterocycles. The van der Waals surface area contributed by atoms with E-state index in [9.17, 15) is 14.0 Å². The maximum atomic E-state index is 12.5. The number of amides is 2. The first-order valence-corrected chi connectivity index (χ1v) is 3.24. The highest BCUT2D eigenvalue weighted by Crippen LogP contribution is 2.02. The number of hydrogen-bond acceptors (Lipinski definition) is 2. The summed E-state index contributed by atoms with van der Waals surface area (Å²) in [7, 11) is 0. The van der Waals surface area contributed by atoms with Crippen LogP contribution in [0.4, 0.5) is 4.39 Å². The summed E-state index contributed by atoms with van der Waals surface area (Å²) in [5.74, 6) is -1.11. The molecule has 2 amide bonds. The second kappa shape index (κ2) is 3.61. The third-order valence-corrected chi connectivity index (χ3v) is 1.28. The Balaban J connectivity index is 2.87. The summed E-state index contributed by atoms with van der Waals surface area (Å²) >= 11 is 0. The molecule has 0 aliphatic rings. The number of imide groups is 1. The molecule has 0 saturated heterocycles. The number of carbonyl (C=O) groups excluding carboxylic acids is 2. The second-order valence-electron chi connectivity index (χ2n) is 2.10. The minimum atomic E-state index is -0.607. The lowest BCUT2D eigenvalue weighted by molar-refractivity contribution is -0.108. The standard InChI is InChI=1S/C8H6FNO2/c9-7-3-1-2-6(4-7)8(12)10-5-11/h1-5H,(H,10,11,12). The molecule has 1 rings (SSSR count). The number of carbonyl (C=O) groups is 2. The first-order valence-electron chi connectivity index (χ1n) is 3.24. The maximum Gasteiger partial charge on any atom is 0.257 e. The molecular weight excluding hydrogens is 161 g/mol. The summed E-state index contributed by atoms with van der Waals surface area (Å²) in [4.78, 5) is 20.7. The predicted octanol–water partition coefficient (Wildman–Crippen LogP) is 0.712. The molecule has 0 fully saturated rings. The number of nitrogens with one attached hydrogen (secondary N) is 1. The second-order valence-corrected chi connectivity index (χ2v) is 2.10. The molecule has 0 bridgehead atoms. The van der Waals surface area contributed by atoms with E-state index in [0.717, 1.165) is 6.07 Å². The van der Waals surface area contributed by atoms with Crippen LogP contribution >= 0.6 is 0 Å². The van der Waals surface area contributed by atoms with Gasteiger partial charge >= 0.3 is 0 Å². The van der Waals surface area contributed by atoms with Crippen molar-refractivity contribution >= 4 is 12.3 Å². The van der Waals surface area contributed by atoms with Gasteiger partial charge in [0.1, 0.15) is 5.82 Å². The van der Waals surface area contributed by atoms with Gasteiger partial charge in [0, 0.05) is 5.56 Å². The summed E-state index contributed by atoms with van der Waals surface area (Å²) in [6.07, 6.45) is 0.257. The highest BCUT2D eigenvalue weighted by atomic mass is 19.1. The summed E-state index contributed by atoms with van der Waals surface area (Å²) in [5, 5.41) is 1.90. The van der Waals surface area contributed by atoms with Crippen LogP contribution in [0, 0.1) is 5.82 Å². The Morgan fingerprint density at radius 3 is 2.83 bits per heavy atom. The quantitative estimate of drug-likeness (QED) is 0.659. The molecule has 0 aliphatic heterocycles. The minimum Gasteiger partial charge on any atom is -0.295 e. The van der Waals surface area contributed by atoms with Crippen LogP contribution in [0.25, 0.3) is 0 Å². The molecule has 0 spiro atoms. The van der Waals surface area contributed by atoms with Gasteiger partial charge in [-0.15, -0.1) is 0 Å². The Hall–Kier alpha value is -1.71. The van der Waals surface area contributed by atoms with E-state index >= 15 is 0 Å². The zero-order valence-corrected chi connectivity index (χ0v) is 6.08. The van der Waals surface area contributed by atoms with Crippen molar-refractivity contribution in [3.8, 4) is 0 Å². The Morgan fingerprint density at radius 2 is 2.25 bits per heavy atom. The average Bonchev–Trinajstić information content (AvgIpc) is 2.05. The van der Waals surface area contributed by atoms with Crippen LogP contribution in [-0.2, 0) is 4.79 Å². The predicted molar refractivity (Wildman–Crippen MR) is 39.9 cm³/mol. The van der Waals surface area contributed by atoms with E-state index in [-0.39, 0.29) is 12.0 Å². The lowest BCUT2D eigenvalue weighted by Gasteiger charge is -1.96. The van der Waals surface area contributed by atoms with Gasteiger partial charge in [-0.2, -0.15) is 0 Å². The molecule has 4 heteroatoms. The average molecular weight is 167 g/mol. The van der Waals surface area contributed by atoms with Crippen LogP contribution < -0.4 is 5.32 Å². The van der Waals surface area contributed by atoms with E-state index in [1.165, 1.54) is 18.2 Å². The molecule has 0 atom stereocenters. The van der Waals surface area contributed by atoms with Gasteiger partial charge in [-0.05, 0) is 18.2 Å². The van der Waals surface area contributed by atoms with E-state index in [0.29, 0.717) is 0 Å². The normalized spacial score (nSPS) is 9.08. The monoisotopic (exact) mass is 167 g/mol. The van der Waals surface area contributed by atoms with E-state index in [1.807, 2.05) is 5.32 Å². The molecule has 0 radical (unpaired) electrons. The zero-order chi connectivity index (χ0) is 8.97. The van der Waals surface area contributed by atoms with E-state index < -0.39 is 11.7 Å². The van der Waals surface area contributed by atoms with Crippen molar-refractivity contribution in [2.75, 3.05) is 0 Å². The molecule has 12 heavy (non-hydrogen) atoms. The molecule has 1 N–H and O–H groups in total. The molecule has 0 saturated carbocycles. The van der Waals surface area contributed by atoms with Crippen molar-refractivity contribution in [2.45, 2.75) is 0 Å². The molecular formula is C8H6FNO2. The van der Waals surface area contributed by atoms with Crippen LogP contribution in [0.3, 0.4) is 0 Å². The van der Waals surface area contributed by atoms with Crippen LogP contribution in [0.5, 0.6) is 0 Å². The Morgan fingerprint density at radius 1 is 1.50 bits per heavy atom. The first kappa shape index (κ1) is 8.39. The number of rotatable bonds is 2. The molecule has 0 unspecified atom stereocenters. The highest BCUT2D eigenvalue weighted by Gasteiger charge is 2.03. The Kier molecular flexibility index (Phi) is 2.53. The molecule has 3 nitrogen and oxygen atoms in total. The fourth-order valence-corrected chi connectivity index (χ4v) is 0.767. The molecule has 0 heterocycles. The molecule has 62 valence electrons. The van der Waals surface area contributed by atoms with Crippen LogP contribution in [0.15, 0.2) is 24.3 Å². The van der Waals surface area contributed by atoms with Crippen molar-refractivity contribution in [3.05, 3.63) is 35.6 Å². The fourth-order valence-electron chi connectivity index (χ4n) is 0.767. The number of benzene rings is 1. The first-order chi connectivity index (χ1) is 5.74. The van der Waals surface area contributed by atoms with Gasteiger partial charge in [-0.25, -0.2) is 4.39 Å². The van der Waals surface area contributed by atoms with Crippen molar-refractivity contribution in [2.24, 2.45) is 0 Å². The van der Waals surface area contributed by atoms with Crippen molar-refractivity contribution in [1.82, 2.24) is 5.32 Å². The fraction of sp³-hybridized carbons (Fsp3) is 0. The summed E-state index contributed by atoms with van der Waals surface area (Å²) in [6.45, 7) is 0. The van der Waals surface area contributed by atoms with Gasteiger partial charge in [0.2, 0.25) is 6.41 Å². The van der Waals surface area contributed by atoms with Crippen LogP contribution in [0.1, 0.15) is 10.4 Å². The molecule has 1 aromatic carbocycles. The largest absolute Gasteiger partial charge is 0.295 e. The lowest BCUT2D eigenvalue weighted by Crippen LogP contribution is -2.21. The van der Waals surface area contributed by atoms with E-state index in [2.05, 4.69) is 0 Å². The smallest absolute Gasteiger partial charge is 0.257 e. The zero-order valence-electron chi connectivity index (χ0n) is 6.08. The summed E-state index contributed by atoms with van der Waals surface area (Å²) < 4.78 is 12.5. The Bertz CT molecular complexity index is 312. The van der Waals surface area contributed by atoms with Gasteiger partial charge in [-0.1, -0.05) is 6.07 Å². The van der Waals surface area contributed by atoms with Gasteiger partial charge in [0.25, 0.3) is 5.91 Å². The number of halogens is 1. The van der Waals surface area contributed by atoms with Gasteiger partial charge in [-0.3, -0.25) is 14.9 Å². The van der Waals surface area contributed by atoms with E-state index in [4.69, 9.17) is 0 Å². The highest BCUT2D eigenvalue weighted by molar-refractivity contribution is 5.99. The maximum absolute atomic E-state index is 12.5. The van der Waals surface area contributed by atoms with Gasteiger partial charge in [0.15, 0.2) is 0 Å². The lowest BCUT2D eigenvalue weighted by atomic mass is 10.2. The minimum absolute atomic E-state index is 0.127. The Labute approximate surface area is 68.2 Å². The third kappa shape index (κ3) is 1.88. The summed E-state index contributed by atoms with van der Waals surface area (Å²) in [6, 6.07) is 5.09. The van der Waals surface area contributed by atoms with E-state index in [1.54, 1.807) is 0 Å². The third-order valence-electron chi connectivity index (χ3n) is 1.28. The summed E-state index contributed by atoms with van der Waals surface area (Å²) in [5.41, 5.74) is 0.127. The van der Waals surface area contributed by atoms with Gasteiger partial charge < -0.3 is 0 Å². The van der Waals surface area contributed by atoms with Crippen molar-refractivity contribution in [3.63, 3.8) is 0 Å². The van der Waals surface area contributed by atoms with Crippen LogP contribution in [-0.4, -0.2) is 12.3 Å². The van der Waals surface area contributed by atoms with Crippen molar-refractivity contribution < 1.29 is 14.0 Å². The topological polar surface area (TPSA) is 46.2 Å².